The zero-order valence-corrected chi connectivity index (χ0v) is 22.4. The quantitative estimate of drug-likeness (QED) is 0.268. The van der Waals surface area contributed by atoms with Crippen LogP contribution in [-0.4, -0.2) is 43.3 Å². The van der Waals surface area contributed by atoms with Crippen molar-refractivity contribution in [2.75, 3.05) is 24.4 Å². The minimum absolute atomic E-state index is 0.167. The van der Waals surface area contributed by atoms with Crippen LogP contribution in [0.4, 0.5) is 16.2 Å². The number of methoxy groups -OCH3 is 1. The standard InChI is InChI=1S/C24H34ClN5O4Si/c1-33-24(32)27-16-10-11-17-19(14-16)28-20(31)9-7-5-6-8-18(26)23-29-21(17)22(25)30(23)15-34-12-13-35(2,3)4/h5-6,10-11,14,18H,7-9,12-13,15,26H2,1-4H3,(H,27,32)(H,28,31)/b6-5-/t18-/m0/s1. The lowest BCUT2D eigenvalue weighted by atomic mass is 10.1. The third kappa shape index (κ3) is 7.41. The van der Waals surface area contributed by atoms with Gasteiger partial charge in [-0.3, -0.25) is 14.7 Å². The number of carbonyl (C=O) groups excluding carboxylic acids is 2. The normalized spacial score (nSPS) is 17.3. The fraction of sp³-hybridized carbons (Fsp3) is 0.458. The summed E-state index contributed by atoms with van der Waals surface area (Å²) in [4.78, 5) is 29.1. The van der Waals surface area contributed by atoms with Crippen LogP contribution in [0.5, 0.6) is 0 Å². The summed E-state index contributed by atoms with van der Waals surface area (Å²) in [5, 5.41) is 5.91. The van der Waals surface area contributed by atoms with Crippen LogP contribution in [0.2, 0.25) is 30.8 Å². The summed E-state index contributed by atoms with van der Waals surface area (Å²) in [5.74, 6) is 0.441. The van der Waals surface area contributed by atoms with Gasteiger partial charge < -0.3 is 20.5 Å². The molecule has 11 heteroatoms. The van der Waals surface area contributed by atoms with E-state index < -0.39 is 20.2 Å². The van der Waals surface area contributed by atoms with Crippen LogP contribution < -0.4 is 16.4 Å². The zero-order chi connectivity index (χ0) is 25.6. The number of nitrogens with two attached hydrogens (primary N) is 1. The second-order valence-electron chi connectivity index (χ2n) is 9.66. The number of carbonyl (C=O) groups is 2. The van der Waals surface area contributed by atoms with Gasteiger partial charge in [-0.1, -0.05) is 43.4 Å². The first-order chi connectivity index (χ1) is 16.6. The van der Waals surface area contributed by atoms with Crippen molar-refractivity contribution in [2.45, 2.75) is 57.7 Å². The van der Waals surface area contributed by atoms with Crippen LogP contribution in [0.25, 0.3) is 11.3 Å². The first-order valence-corrected chi connectivity index (χ1v) is 15.7. The van der Waals surface area contributed by atoms with Gasteiger partial charge in [-0.25, -0.2) is 9.78 Å². The van der Waals surface area contributed by atoms with Gasteiger partial charge in [0.2, 0.25) is 5.91 Å². The highest BCUT2D eigenvalue weighted by Gasteiger charge is 2.24. The van der Waals surface area contributed by atoms with E-state index in [4.69, 9.17) is 27.1 Å². The topological polar surface area (TPSA) is 121 Å². The number of hydrogen-bond donors (Lipinski definition) is 3. The number of ether oxygens (including phenoxy) is 2. The molecule has 0 saturated carbocycles. The summed E-state index contributed by atoms with van der Waals surface area (Å²) >= 11 is 6.83. The number of nitrogens with zero attached hydrogens (tertiary/aromatic N) is 2. The monoisotopic (exact) mass is 519 g/mol. The van der Waals surface area contributed by atoms with Crippen LogP contribution in [0.3, 0.4) is 0 Å². The number of rotatable bonds is 6. The molecule has 2 bridgehead atoms. The van der Waals surface area contributed by atoms with E-state index in [-0.39, 0.29) is 12.6 Å². The first kappa shape index (κ1) is 26.9. The Kier molecular flexibility index (Phi) is 9.12. The average molecular weight is 520 g/mol. The van der Waals surface area contributed by atoms with Crippen molar-refractivity contribution in [3.8, 4) is 11.3 Å². The number of hydrogen-bond acceptors (Lipinski definition) is 6. The van der Waals surface area contributed by atoms with Gasteiger partial charge >= 0.3 is 6.09 Å². The molecule has 1 aromatic heterocycles. The molecule has 0 aliphatic carbocycles. The number of nitrogens with one attached hydrogen (secondary N) is 2. The molecule has 0 unspecified atom stereocenters. The second kappa shape index (κ2) is 11.8. The Bertz CT molecular complexity index is 1100. The van der Waals surface area contributed by atoms with Crippen molar-refractivity contribution in [1.82, 2.24) is 9.55 Å². The maximum absolute atomic E-state index is 12.6. The summed E-state index contributed by atoms with van der Waals surface area (Å²) in [7, 11) is 0.0400. The molecule has 1 aliphatic heterocycles. The van der Waals surface area contributed by atoms with E-state index in [1.807, 2.05) is 12.2 Å². The van der Waals surface area contributed by atoms with Gasteiger partial charge in [0.05, 0.1) is 18.8 Å². The van der Waals surface area contributed by atoms with Crippen molar-refractivity contribution in [3.63, 3.8) is 0 Å². The predicted molar refractivity (Wildman–Crippen MR) is 141 cm³/mol. The number of halogens is 1. The highest BCUT2D eigenvalue weighted by Crippen LogP contribution is 2.37. The zero-order valence-electron chi connectivity index (χ0n) is 20.7. The largest absolute Gasteiger partial charge is 0.453 e. The summed E-state index contributed by atoms with van der Waals surface area (Å²) in [5.41, 5.74) is 8.52. The smallest absolute Gasteiger partial charge is 0.411 e. The number of fused-ring (bicyclic) bond motifs is 4. The van der Waals surface area contributed by atoms with Crippen molar-refractivity contribution in [2.24, 2.45) is 5.73 Å². The molecular weight excluding hydrogens is 486 g/mol. The second-order valence-corrected chi connectivity index (χ2v) is 15.6. The lowest BCUT2D eigenvalue weighted by molar-refractivity contribution is -0.116. The van der Waals surface area contributed by atoms with Crippen molar-refractivity contribution in [3.05, 3.63) is 41.3 Å². The van der Waals surface area contributed by atoms with Crippen molar-refractivity contribution >= 4 is 43.1 Å². The van der Waals surface area contributed by atoms with Gasteiger partial charge in [-0.15, -0.1) is 0 Å². The van der Waals surface area contributed by atoms with Crippen LogP contribution >= 0.6 is 11.6 Å². The maximum atomic E-state index is 12.6. The molecule has 0 saturated heterocycles. The molecule has 1 aromatic carbocycles. The van der Waals surface area contributed by atoms with Crippen LogP contribution in [0.1, 0.15) is 31.1 Å². The Morgan fingerprint density at radius 3 is 2.83 bits per heavy atom. The summed E-state index contributed by atoms with van der Waals surface area (Å²) in [6.07, 6.45) is 4.72. The molecular formula is C24H34ClN5O4Si. The SMILES string of the molecule is COC(=O)Nc1ccc2c(c1)NC(=O)CC/C=C\C[C@H](N)c1nc-2c(Cl)n1COCC[Si](C)(C)C. The highest BCUT2D eigenvalue weighted by atomic mass is 35.5. The summed E-state index contributed by atoms with van der Waals surface area (Å²) < 4.78 is 12.4. The van der Waals surface area contributed by atoms with Gasteiger partial charge in [0.15, 0.2) is 0 Å². The number of anilines is 2. The van der Waals surface area contributed by atoms with Gasteiger partial charge in [0.1, 0.15) is 23.4 Å². The summed E-state index contributed by atoms with van der Waals surface area (Å²) in [6.45, 7) is 7.75. The predicted octanol–water partition coefficient (Wildman–Crippen LogP) is 5.37. The Labute approximate surface area is 212 Å². The Morgan fingerprint density at radius 1 is 1.34 bits per heavy atom. The third-order valence-corrected chi connectivity index (χ3v) is 7.65. The molecule has 1 aliphatic rings. The van der Waals surface area contributed by atoms with Gasteiger partial charge in [0, 0.05) is 32.4 Å². The van der Waals surface area contributed by atoms with Gasteiger partial charge in [-0.05, 0) is 37.1 Å². The van der Waals surface area contributed by atoms with Crippen molar-refractivity contribution in [1.29, 1.82) is 0 Å². The average Bonchev–Trinajstić information content (AvgIpc) is 3.11. The minimum atomic E-state index is -1.24. The molecule has 0 fully saturated rings. The van der Waals surface area contributed by atoms with Gasteiger partial charge in [-0.2, -0.15) is 0 Å². The molecule has 0 radical (unpaired) electrons. The van der Waals surface area contributed by atoms with E-state index in [0.717, 1.165) is 6.04 Å². The molecule has 4 N–H and O–H groups in total. The molecule has 2 aromatic rings. The molecule has 35 heavy (non-hydrogen) atoms. The van der Waals surface area contributed by atoms with E-state index in [1.165, 1.54) is 7.11 Å². The van der Waals surface area contributed by atoms with E-state index in [9.17, 15) is 9.59 Å². The molecule has 9 nitrogen and oxygen atoms in total. The number of benzene rings is 1. The van der Waals surface area contributed by atoms with E-state index in [2.05, 4.69) is 35.0 Å². The molecule has 2 heterocycles. The Hall–Kier alpha value is -2.66. The fourth-order valence-corrected chi connectivity index (χ4v) is 4.59. The number of imidazole rings is 1. The molecule has 190 valence electrons. The van der Waals surface area contributed by atoms with Crippen LogP contribution in [0, 0.1) is 0 Å². The minimum Gasteiger partial charge on any atom is -0.453 e. The Morgan fingerprint density at radius 2 is 2.11 bits per heavy atom. The lowest BCUT2D eigenvalue weighted by Gasteiger charge is -2.17. The Balaban J connectivity index is 2.03. The van der Waals surface area contributed by atoms with Gasteiger partial charge in [0.25, 0.3) is 0 Å². The van der Waals surface area contributed by atoms with E-state index in [0.29, 0.717) is 59.5 Å². The van der Waals surface area contributed by atoms with Crippen molar-refractivity contribution < 1.29 is 19.1 Å². The number of allylic oxidation sites excluding steroid dienone is 1. The van der Waals surface area contributed by atoms with E-state index in [1.54, 1.807) is 22.8 Å². The fourth-order valence-electron chi connectivity index (χ4n) is 3.55. The molecule has 3 rings (SSSR count). The number of amides is 2. The molecule has 2 amide bonds. The van der Waals surface area contributed by atoms with E-state index >= 15 is 0 Å². The first-order valence-electron chi connectivity index (χ1n) is 11.6. The number of aromatic nitrogens is 2. The molecule has 0 spiro atoms. The maximum Gasteiger partial charge on any atom is 0.411 e. The van der Waals surface area contributed by atoms with Crippen LogP contribution in [-0.2, 0) is 21.0 Å². The lowest BCUT2D eigenvalue weighted by Crippen LogP contribution is -2.23. The third-order valence-electron chi connectivity index (χ3n) is 5.56. The summed E-state index contributed by atoms with van der Waals surface area (Å²) in [6, 6.07) is 5.73. The van der Waals surface area contributed by atoms with Crippen LogP contribution in [0.15, 0.2) is 30.4 Å². The highest BCUT2D eigenvalue weighted by molar-refractivity contribution is 6.76. The molecule has 1 atom stereocenters.